The number of benzene rings is 1. The fraction of sp³-hybridized carbons (Fsp3) is 0.364. The first-order chi connectivity index (χ1) is 6.31. The van der Waals surface area contributed by atoms with Gasteiger partial charge in [0.2, 0.25) is 0 Å². The van der Waals surface area contributed by atoms with Gasteiger partial charge in [-0.25, -0.2) is 4.98 Å². The van der Waals surface area contributed by atoms with Gasteiger partial charge in [-0.1, -0.05) is 25.5 Å². The Bertz CT molecular complexity index is 422. The van der Waals surface area contributed by atoms with Gasteiger partial charge in [0, 0.05) is 0 Å². The molecule has 2 rings (SSSR count). The van der Waals surface area contributed by atoms with Crippen molar-refractivity contribution in [2.45, 2.75) is 26.7 Å². The van der Waals surface area contributed by atoms with Crippen LogP contribution in [0.2, 0.25) is 0 Å². The number of aryl methyl sites for hydroxylation is 2. The first-order valence-corrected chi connectivity index (χ1v) is 5.48. The SMILES string of the molecule is CCCc1cccc2sc(C)nc12.I. The average molecular weight is 319 g/mol. The zero-order valence-corrected chi connectivity index (χ0v) is 11.6. The molecular weight excluding hydrogens is 305 g/mol. The van der Waals surface area contributed by atoms with E-state index in [0.717, 1.165) is 6.42 Å². The van der Waals surface area contributed by atoms with Crippen molar-refractivity contribution >= 4 is 45.5 Å². The minimum absolute atomic E-state index is 0. The van der Waals surface area contributed by atoms with Gasteiger partial charge >= 0.3 is 0 Å². The second-order valence-corrected chi connectivity index (χ2v) is 4.48. The number of nitrogens with zero attached hydrogens (tertiary/aromatic N) is 1. The molecule has 1 heterocycles. The van der Waals surface area contributed by atoms with Crippen molar-refractivity contribution in [3.05, 3.63) is 28.8 Å². The molecule has 14 heavy (non-hydrogen) atoms. The van der Waals surface area contributed by atoms with Crippen molar-refractivity contribution in [1.82, 2.24) is 4.98 Å². The lowest BCUT2D eigenvalue weighted by Crippen LogP contribution is -1.84. The zero-order chi connectivity index (χ0) is 9.26. The Morgan fingerprint density at radius 1 is 1.36 bits per heavy atom. The van der Waals surface area contributed by atoms with E-state index < -0.39 is 0 Å². The molecule has 0 atom stereocenters. The average Bonchev–Trinajstić information content (AvgIpc) is 2.47. The van der Waals surface area contributed by atoms with Crippen LogP contribution in [0.25, 0.3) is 10.2 Å². The van der Waals surface area contributed by atoms with Gasteiger partial charge in [-0.05, 0) is 25.0 Å². The van der Waals surface area contributed by atoms with Crippen molar-refractivity contribution < 1.29 is 0 Å². The predicted molar refractivity (Wildman–Crippen MR) is 73.8 cm³/mol. The maximum absolute atomic E-state index is 4.55. The van der Waals surface area contributed by atoms with Crippen LogP contribution in [-0.2, 0) is 6.42 Å². The third-order valence-electron chi connectivity index (χ3n) is 2.13. The maximum atomic E-state index is 4.55. The summed E-state index contributed by atoms with van der Waals surface area (Å²) < 4.78 is 1.32. The molecule has 3 heteroatoms. The molecule has 0 aliphatic carbocycles. The molecule has 0 fully saturated rings. The van der Waals surface area contributed by atoms with E-state index in [4.69, 9.17) is 0 Å². The van der Waals surface area contributed by atoms with Gasteiger partial charge in [-0.3, -0.25) is 0 Å². The van der Waals surface area contributed by atoms with E-state index in [0.29, 0.717) is 0 Å². The van der Waals surface area contributed by atoms with Gasteiger partial charge in [-0.2, -0.15) is 0 Å². The van der Waals surface area contributed by atoms with Crippen LogP contribution >= 0.6 is 35.3 Å². The van der Waals surface area contributed by atoms with Crippen molar-refractivity contribution in [2.24, 2.45) is 0 Å². The minimum atomic E-state index is 0. The molecule has 0 spiro atoms. The number of aromatic nitrogens is 1. The van der Waals surface area contributed by atoms with Gasteiger partial charge in [0.05, 0.1) is 15.2 Å². The Morgan fingerprint density at radius 3 is 2.86 bits per heavy atom. The Kier molecular flexibility index (Phi) is 4.31. The zero-order valence-electron chi connectivity index (χ0n) is 8.41. The van der Waals surface area contributed by atoms with Gasteiger partial charge in [0.25, 0.3) is 0 Å². The van der Waals surface area contributed by atoms with Crippen LogP contribution in [0, 0.1) is 6.92 Å². The molecule has 76 valence electrons. The van der Waals surface area contributed by atoms with Gasteiger partial charge in [0.1, 0.15) is 0 Å². The molecule has 0 bridgehead atoms. The Labute approximate surface area is 106 Å². The summed E-state index contributed by atoms with van der Waals surface area (Å²) in [7, 11) is 0. The summed E-state index contributed by atoms with van der Waals surface area (Å²) in [5, 5.41) is 1.17. The molecule has 0 radical (unpaired) electrons. The highest BCUT2D eigenvalue weighted by molar-refractivity contribution is 14.0. The Balaban J connectivity index is 0.000000980. The molecule has 0 aliphatic rings. The number of fused-ring (bicyclic) bond motifs is 1. The van der Waals surface area contributed by atoms with E-state index in [2.05, 4.69) is 37.0 Å². The summed E-state index contributed by atoms with van der Waals surface area (Å²) in [4.78, 5) is 4.55. The number of hydrogen-bond donors (Lipinski definition) is 0. The largest absolute Gasteiger partial charge is 0.241 e. The second kappa shape index (κ2) is 5.07. The smallest absolute Gasteiger partial charge is 0.0907 e. The summed E-state index contributed by atoms with van der Waals surface area (Å²) in [5.74, 6) is 0. The number of rotatable bonds is 2. The molecule has 0 amide bonds. The fourth-order valence-electron chi connectivity index (χ4n) is 1.59. The van der Waals surface area contributed by atoms with Crippen LogP contribution in [-0.4, -0.2) is 4.98 Å². The lowest BCUT2D eigenvalue weighted by atomic mass is 10.1. The van der Waals surface area contributed by atoms with Crippen LogP contribution in [0.3, 0.4) is 0 Å². The highest BCUT2D eigenvalue weighted by atomic mass is 127. The summed E-state index contributed by atoms with van der Waals surface area (Å²) in [5.41, 5.74) is 2.61. The fourth-order valence-corrected chi connectivity index (χ4v) is 2.46. The summed E-state index contributed by atoms with van der Waals surface area (Å²) in [6, 6.07) is 6.47. The minimum Gasteiger partial charge on any atom is -0.241 e. The van der Waals surface area contributed by atoms with Crippen LogP contribution in [0.5, 0.6) is 0 Å². The predicted octanol–water partition coefficient (Wildman–Crippen LogP) is 4.18. The molecular formula is C11H14INS. The molecule has 0 saturated heterocycles. The van der Waals surface area contributed by atoms with E-state index in [-0.39, 0.29) is 24.0 Å². The van der Waals surface area contributed by atoms with Gasteiger partial charge in [0.15, 0.2) is 0 Å². The van der Waals surface area contributed by atoms with Crippen molar-refractivity contribution in [1.29, 1.82) is 0 Å². The molecule has 1 nitrogen and oxygen atoms in total. The lowest BCUT2D eigenvalue weighted by Gasteiger charge is -1.98. The van der Waals surface area contributed by atoms with E-state index in [9.17, 15) is 0 Å². The Hall–Kier alpha value is -0.160. The number of para-hydroxylation sites is 1. The van der Waals surface area contributed by atoms with Crippen LogP contribution in [0.4, 0.5) is 0 Å². The third kappa shape index (κ3) is 2.25. The summed E-state index contributed by atoms with van der Waals surface area (Å²) in [6.07, 6.45) is 2.33. The van der Waals surface area contributed by atoms with Crippen LogP contribution in [0.15, 0.2) is 18.2 Å². The van der Waals surface area contributed by atoms with Crippen molar-refractivity contribution in [3.8, 4) is 0 Å². The van der Waals surface area contributed by atoms with E-state index in [1.165, 1.54) is 27.2 Å². The molecule has 0 aliphatic heterocycles. The monoisotopic (exact) mass is 319 g/mol. The molecule has 0 unspecified atom stereocenters. The number of thiazole rings is 1. The highest BCUT2D eigenvalue weighted by Crippen LogP contribution is 2.24. The molecule has 1 aromatic carbocycles. The quantitative estimate of drug-likeness (QED) is 0.757. The van der Waals surface area contributed by atoms with Crippen LogP contribution < -0.4 is 0 Å². The standard InChI is InChI=1S/C11H13NS.HI/c1-3-5-9-6-4-7-10-11(9)12-8(2)13-10;/h4,6-7H,3,5H2,1-2H3;1H. The van der Waals surface area contributed by atoms with Crippen molar-refractivity contribution in [3.63, 3.8) is 0 Å². The Morgan fingerprint density at radius 2 is 2.14 bits per heavy atom. The topological polar surface area (TPSA) is 12.9 Å². The van der Waals surface area contributed by atoms with Crippen LogP contribution in [0.1, 0.15) is 23.9 Å². The normalized spacial score (nSPS) is 10.1. The number of halogens is 1. The van der Waals surface area contributed by atoms with Gasteiger partial charge < -0.3 is 0 Å². The van der Waals surface area contributed by atoms with Crippen molar-refractivity contribution in [2.75, 3.05) is 0 Å². The van der Waals surface area contributed by atoms with E-state index in [1.54, 1.807) is 11.3 Å². The van der Waals surface area contributed by atoms with E-state index in [1.807, 2.05) is 0 Å². The molecule has 0 saturated carbocycles. The summed E-state index contributed by atoms with van der Waals surface area (Å²) in [6.45, 7) is 4.28. The maximum Gasteiger partial charge on any atom is 0.0907 e. The van der Waals surface area contributed by atoms with E-state index >= 15 is 0 Å². The molecule has 0 N–H and O–H groups in total. The molecule has 2 aromatic rings. The highest BCUT2D eigenvalue weighted by Gasteiger charge is 2.03. The van der Waals surface area contributed by atoms with Gasteiger partial charge in [-0.15, -0.1) is 35.3 Å². The first-order valence-electron chi connectivity index (χ1n) is 4.66. The summed E-state index contributed by atoms with van der Waals surface area (Å²) >= 11 is 1.78. The number of hydrogen-bond acceptors (Lipinski definition) is 2. The second-order valence-electron chi connectivity index (χ2n) is 3.25. The lowest BCUT2D eigenvalue weighted by molar-refractivity contribution is 0.927. The first kappa shape index (κ1) is 11.9. The molecule has 1 aromatic heterocycles. The third-order valence-corrected chi connectivity index (χ3v) is 3.06.